The van der Waals surface area contributed by atoms with E-state index in [2.05, 4.69) is 23.9 Å². The predicted octanol–water partition coefficient (Wildman–Crippen LogP) is 2.96. The highest BCUT2D eigenvalue weighted by atomic mass is 19.4. The van der Waals surface area contributed by atoms with Crippen LogP contribution < -0.4 is 0 Å². The summed E-state index contributed by atoms with van der Waals surface area (Å²) < 4.78 is 82.6. The lowest BCUT2D eigenvalue weighted by Crippen LogP contribution is -2.62. The Labute approximate surface area is 219 Å². The highest BCUT2D eigenvalue weighted by Gasteiger charge is 2.43. The molecule has 0 aromatic heterocycles. The smallest absolute Gasteiger partial charge is 0.475 e. The number of morpholine rings is 1. The fraction of sp³-hybridized carbons (Fsp3) is 0.609. The molecule has 0 radical (unpaired) electrons. The summed E-state index contributed by atoms with van der Waals surface area (Å²) in [5, 5.41) is 14.2. The Hall–Kier alpha value is -2.98. The van der Waals surface area contributed by atoms with Crippen molar-refractivity contribution < 1.29 is 60.1 Å². The second-order valence-corrected chi connectivity index (χ2v) is 8.98. The number of benzene rings is 1. The number of hydrogen-bond acceptors (Lipinski definition) is 6. The molecule has 1 amide bonds. The van der Waals surface area contributed by atoms with E-state index in [1.807, 2.05) is 4.90 Å². The number of ether oxygens (including phenoxy) is 1. The molecule has 2 aliphatic rings. The number of aliphatic carboxylic acids is 2. The molecule has 3 rings (SSSR count). The first-order chi connectivity index (χ1) is 17.9. The third kappa shape index (κ3) is 11.3. The summed E-state index contributed by atoms with van der Waals surface area (Å²) in [5.41, 5.74) is 0.466. The number of likely N-dealkylation sites (N-methyl/N-ethyl adjacent to an activating group) is 1. The number of halogens is 7. The number of carbonyl (C=O) groups excluding carboxylic acids is 1. The predicted molar refractivity (Wildman–Crippen MR) is 123 cm³/mol. The zero-order chi connectivity index (χ0) is 30.0. The van der Waals surface area contributed by atoms with E-state index in [1.54, 1.807) is 12.1 Å². The molecule has 16 heteroatoms. The first-order valence-corrected chi connectivity index (χ1v) is 11.5. The Morgan fingerprint density at radius 2 is 1.49 bits per heavy atom. The van der Waals surface area contributed by atoms with Gasteiger partial charge in [0.1, 0.15) is 5.82 Å². The Bertz CT molecular complexity index is 940. The number of piperidine rings is 1. The summed E-state index contributed by atoms with van der Waals surface area (Å²) in [4.78, 5) is 37.0. The van der Waals surface area contributed by atoms with E-state index in [0.717, 1.165) is 45.7 Å². The summed E-state index contributed by atoms with van der Waals surface area (Å²) in [6.45, 7) is 5.89. The van der Waals surface area contributed by atoms with Gasteiger partial charge in [0.05, 0.1) is 13.2 Å². The molecule has 1 aromatic carbocycles. The SMILES string of the molecule is CN(C)CCN1CCOCC12CCN(C(=O)c1cccc(F)c1)CC2.O=C(O)C(F)(F)F.O=C(O)C(F)(F)F. The molecule has 2 aliphatic heterocycles. The van der Waals surface area contributed by atoms with E-state index in [1.165, 1.54) is 12.1 Å². The normalized spacial score (nSPS) is 17.5. The lowest BCUT2D eigenvalue weighted by Gasteiger charge is -2.51. The molecular weight excluding hydrogens is 547 g/mol. The van der Waals surface area contributed by atoms with Gasteiger partial charge in [-0.1, -0.05) is 6.07 Å². The molecule has 2 N–H and O–H groups in total. The zero-order valence-electron chi connectivity index (χ0n) is 21.2. The number of alkyl halides is 6. The number of amides is 1. The van der Waals surface area contributed by atoms with Crippen molar-refractivity contribution in [3.8, 4) is 0 Å². The average Bonchev–Trinajstić information content (AvgIpc) is 2.83. The van der Waals surface area contributed by atoms with Crippen LogP contribution in [0.4, 0.5) is 30.7 Å². The zero-order valence-corrected chi connectivity index (χ0v) is 21.2. The molecule has 0 saturated carbocycles. The number of carboxylic acid groups (broad SMARTS) is 2. The van der Waals surface area contributed by atoms with Crippen molar-refractivity contribution in [2.24, 2.45) is 0 Å². The maximum atomic E-state index is 13.4. The van der Waals surface area contributed by atoms with Crippen molar-refractivity contribution in [3.05, 3.63) is 35.6 Å². The standard InChI is InChI=1S/C19H28FN3O2.2C2HF3O2/c1-21(2)10-11-23-12-13-25-15-19(23)6-8-22(9-7-19)18(24)16-4-3-5-17(20)14-16;2*3-2(4,5)1(6)7/h3-5,14H,6-13,15H2,1-2H3;2*(H,6,7). The topological polar surface area (TPSA) is 111 Å². The van der Waals surface area contributed by atoms with E-state index in [-0.39, 0.29) is 17.3 Å². The van der Waals surface area contributed by atoms with Crippen LogP contribution in [0.5, 0.6) is 0 Å². The maximum absolute atomic E-state index is 13.4. The van der Waals surface area contributed by atoms with Crippen LogP contribution in [-0.2, 0) is 14.3 Å². The van der Waals surface area contributed by atoms with Gasteiger partial charge in [0.15, 0.2) is 0 Å². The Balaban J connectivity index is 0.000000449. The average molecular weight is 577 g/mol. The van der Waals surface area contributed by atoms with Crippen molar-refractivity contribution in [1.29, 1.82) is 0 Å². The van der Waals surface area contributed by atoms with Crippen molar-refractivity contribution in [1.82, 2.24) is 14.7 Å². The molecule has 0 atom stereocenters. The minimum atomic E-state index is -5.08. The van der Waals surface area contributed by atoms with Crippen LogP contribution in [0.2, 0.25) is 0 Å². The van der Waals surface area contributed by atoms with Crippen LogP contribution in [0.3, 0.4) is 0 Å². The number of carboxylic acids is 2. The molecule has 9 nitrogen and oxygen atoms in total. The molecule has 39 heavy (non-hydrogen) atoms. The first-order valence-electron chi connectivity index (χ1n) is 11.5. The Morgan fingerprint density at radius 3 is 1.92 bits per heavy atom. The van der Waals surface area contributed by atoms with E-state index >= 15 is 0 Å². The van der Waals surface area contributed by atoms with Gasteiger partial charge < -0.3 is 24.7 Å². The largest absolute Gasteiger partial charge is 0.490 e. The Kier molecular flexibility index (Phi) is 12.6. The quantitative estimate of drug-likeness (QED) is 0.526. The number of likely N-dealkylation sites (tertiary alicyclic amines) is 1. The summed E-state index contributed by atoms with van der Waals surface area (Å²) in [7, 11) is 4.18. The van der Waals surface area contributed by atoms with Crippen LogP contribution in [-0.4, -0.2) is 121 Å². The van der Waals surface area contributed by atoms with Crippen LogP contribution in [0.25, 0.3) is 0 Å². The van der Waals surface area contributed by atoms with Gasteiger partial charge in [0.25, 0.3) is 5.91 Å². The van der Waals surface area contributed by atoms with E-state index in [9.17, 15) is 35.5 Å². The van der Waals surface area contributed by atoms with Gasteiger partial charge in [-0.25, -0.2) is 14.0 Å². The molecule has 222 valence electrons. The van der Waals surface area contributed by atoms with Gasteiger partial charge in [0.2, 0.25) is 0 Å². The van der Waals surface area contributed by atoms with Gasteiger partial charge in [0, 0.05) is 43.8 Å². The molecule has 0 aliphatic carbocycles. The summed E-state index contributed by atoms with van der Waals surface area (Å²) in [5.74, 6) is -5.96. The highest BCUT2D eigenvalue weighted by molar-refractivity contribution is 5.94. The molecule has 1 spiro atoms. The third-order valence-electron chi connectivity index (χ3n) is 5.90. The number of nitrogens with zero attached hydrogens (tertiary/aromatic N) is 3. The summed E-state index contributed by atoms with van der Waals surface area (Å²) >= 11 is 0. The highest BCUT2D eigenvalue weighted by Crippen LogP contribution is 2.32. The Morgan fingerprint density at radius 1 is 0.974 bits per heavy atom. The monoisotopic (exact) mass is 577 g/mol. The van der Waals surface area contributed by atoms with Crippen molar-refractivity contribution in [2.45, 2.75) is 30.7 Å². The fourth-order valence-electron chi connectivity index (χ4n) is 3.83. The summed E-state index contributed by atoms with van der Waals surface area (Å²) in [6.07, 6.45) is -8.36. The van der Waals surface area contributed by atoms with E-state index < -0.39 is 24.3 Å². The van der Waals surface area contributed by atoms with Crippen LogP contribution in [0.15, 0.2) is 24.3 Å². The van der Waals surface area contributed by atoms with Crippen molar-refractivity contribution >= 4 is 17.8 Å². The lowest BCUT2D eigenvalue weighted by atomic mass is 9.85. The fourth-order valence-corrected chi connectivity index (χ4v) is 3.83. The molecule has 2 heterocycles. The minimum absolute atomic E-state index is 0.0347. The van der Waals surface area contributed by atoms with Gasteiger partial charge in [-0.3, -0.25) is 9.69 Å². The van der Waals surface area contributed by atoms with Gasteiger partial charge in [-0.15, -0.1) is 0 Å². The van der Waals surface area contributed by atoms with Crippen LogP contribution in [0.1, 0.15) is 23.2 Å². The molecule has 0 bridgehead atoms. The second kappa shape index (κ2) is 14.4. The number of rotatable bonds is 4. The molecule has 0 unspecified atom stereocenters. The first kappa shape index (κ1) is 34.0. The van der Waals surface area contributed by atoms with E-state index in [4.69, 9.17) is 24.5 Å². The second-order valence-electron chi connectivity index (χ2n) is 8.98. The van der Waals surface area contributed by atoms with Gasteiger partial charge >= 0.3 is 24.3 Å². The van der Waals surface area contributed by atoms with Gasteiger partial charge in [-0.05, 0) is 45.1 Å². The van der Waals surface area contributed by atoms with Gasteiger partial charge in [-0.2, -0.15) is 26.3 Å². The van der Waals surface area contributed by atoms with Crippen molar-refractivity contribution in [2.75, 3.05) is 60.0 Å². The molecule has 2 fully saturated rings. The molecular formula is C23H30F7N3O6. The summed E-state index contributed by atoms with van der Waals surface area (Å²) in [6, 6.07) is 5.96. The minimum Gasteiger partial charge on any atom is -0.475 e. The lowest BCUT2D eigenvalue weighted by molar-refractivity contribution is -0.193. The molecule has 1 aromatic rings. The molecule has 2 saturated heterocycles. The van der Waals surface area contributed by atoms with Crippen LogP contribution in [0, 0.1) is 5.82 Å². The maximum Gasteiger partial charge on any atom is 0.490 e. The van der Waals surface area contributed by atoms with E-state index in [0.29, 0.717) is 18.7 Å². The van der Waals surface area contributed by atoms with Crippen molar-refractivity contribution in [3.63, 3.8) is 0 Å². The van der Waals surface area contributed by atoms with Crippen LogP contribution >= 0.6 is 0 Å². The number of hydrogen-bond donors (Lipinski definition) is 2. The number of carbonyl (C=O) groups is 3. The third-order valence-corrected chi connectivity index (χ3v) is 5.90.